The van der Waals surface area contributed by atoms with Gasteiger partial charge in [-0.05, 0) is 116 Å². The second-order valence-corrected chi connectivity index (χ2v) is 14.5. The third-order valence-corrected chi connectivity index (χ3v) is 13.4. The zero-order chi connectivity index (χ0) is 22.7. The molecule has 4 unspecified atom stereocenters. The van der Waals surface area contributed by atoms with Crippen LogP contribution in [0.2, 0.25) is 0 Å². The third kappa shape index (κ3) is 2.53. The fourth-order valence-electron chi connectivity index (χ4n) is 11.8. The first-order valence-electron chi connectivity index (χ1n) is 13.5. The summed E-state index contributed by atoms with van der Waals surface area (Å²) in [6.07, 6.45) is 13.6. The first-order valence-corrected chi connectivity index (χ1v) is 13.5. The van der Waals surface area contributed by atoms with E-state index >= 15 is 0 Å². The number of aliphatic hydroxyl groups is 1. The van der Waals surface area contributed by atoms with Gasteiger partial charge in [0.2, 0.25) is 0 Å². The number of carbonyl (C=O) groups excluding carboxylic acids is 1. The summed E-state index contributed by atoms with van der Waals surface area (Å²) in [5.41, 5.74) is 0.740. The topological polar surface area (TPSA) is 37.3 Å². The maximum atomic E-state index is 12.5. The Morgan fingerprint density at radius 2 is 1.16 bits per heavy atom. The van der Waals surface area contributed by atoms with E-state index in [1.807, 2.05) is 0 Å². The Labute approximate surface area is 191 Å². The number of ketones is 1. The van der Waals surface area contributed by atoms with Crippen LogP contribution in [0.25, 0.3) is 0 Å². The van der Waals surface area contributed by atoms with E-state index in [9.17, 15) is 9.90 Å². The number of rotatable bonds is 1. The van der Waals surface area contributed by atoms with Crippen molar-refractivity contribution in [3.8, 4) is 0 Å². The molecule has 0 aromatic carbocycles. The Kier molecular flexibility index (Phi) is 4.63. The van der Waals surface area contributed by atoms with Crippen LogP contribution in [0.3, 0.4) is 0 Å². The van der Waals surface area contributed by atoms with Gasteiger partial charge in [0.25, 0.3) is 0 Å². The molecule has 5 saturated carbocycles. The van der Waals surface area contributed by atoms with Crippen molar-refractivity contribution >= 4 is 5.78 Å². The minimum Gasteiger partial charge on any atom is -0.382 e. The summed E-state index contributed by atoms with van der Waals surface area (Å²) >= 11 is 0. The van der Waals surface area contributed by atoms with E-state index in [1.54, 1.807) is 6.92 Å². The molecule has 5 rings (SSSR count). The van der Waals surface area contributed by atoms with Crippen LogP contribution in [-0.2, 0) is 4.79 Å². The molecule has 2 heteroatoms. The molecule has 0 heterocycles. The highest BCUT2D eigenvalue weighted by atomic mass is 16.3. The zero-order valence-corrected chi connectivity index (χ0v) is 21.4. The predicted octanol–water partition coefficient (Wildman–Crippen LogP) is 7.18. The van der Waals surface area contributed by atoms with Crippen molar-refractivity contribution in [2.24, 2.45) is 50.7 Å². The second-order valence-electron chi connectivity index (χ2n) is 14.5. The van der Waals surface area contributed by atoms with Gasteiger partial charge in [-0.3, -0.25) is 4.79 Å². The quantitative estimate of drug-likeness (QED) is 0.480. The van der Waals surface area contributed by atoms with Gasteiger partial charge in [0, 0.05) is 5.92 Å². The fourth-order valence-corrected chi connectivity index (χ4v) is 11.8. The van der Waals surface area contributed by atoms with Crippen LogP contribution in [0.5, 0.6) is 0 Å². The smallest absolute Gasteiger partial charge is 0.161 e. The van der Waals surface area contributed by atoms with Crippen molar-refractivity contribution in [1.29, 1.82) is 0 Å². The van der Waals surface area contributed by atoms with Crippen LogP contribution in [-0.4, -0.2) is 16.5 Å². The summed E-state index contributed by atoms with van der Waals surface area (Å²) in [5, 5.41) is 11.4. The molecule has 0 saturated heterocycles. The van der Waals surface area contributed by atoms with E-state index in [-0.39, 0.29) is 17.1 Å². The number of fused-ring (bicyclic) bond motifs is 7. The molecule has 2 nitrogen and oxygen atoms in total. The van der Waals surface area contributed by atoms with Gasteiger partial charge < -0.3 is 5.11 Å². The first kappa shape index (κ1) is 22.4. The van der Waals surface area contributed by atoms with Crippen LogP contribution in [0, 0.1) is 50.7 Å². The summed E-state index contributed by atoms with van der Waals surface area (Å²) < 4.78 is 0. The van der Waals surface area contributed by atoms with Crippen molar-refractivity contribution in [2.75, 3.05) is 0 Å². The number of Topliss-reactive ketones (excluding diaryl/α,β-unsaturated/α-hetero) is 1. The molecular weight excluding hydrogens is 380 g/mol. The van der Waals surface area contributed by atoms with Crippen molar-refractivity contribution in [3.63, 3.8) is 0 Å². The number of hydrogen-bond acceptors (Lipinski definition) is 2. The Hall–Kier alpha value is -0.370. The van der Waals surface area contributed by atoms with E-state index in [0.717, 1.165) is 24.7 Å². The molecule has 0 aromatic heterocycles. The van der Waals surface area contributed by atoms with E-state index in [0.29, 0.717) is 34.0 Å². The van der Waals surface area contributed by atoms with Crippen LogP contribution >= 0.6 is 0 Å². The molecule has 5 aliphatic carbocycles. The molecule has 0 radical (unpaired) electrons. The van der Waals surface area contributed by atoms with Crippen molar-refractivity contribution in [1.82, 2.24) is 0 Å². The van der Waals surface area contributed by atoms with Crippen molar-refractivity contribution in [2.45, 2.75) is 125 Å². The monoisotopic (exact) mass is 428 g/mol. The minimum atomic E-state index is -1.06. The largest absolute Gasteiger partial charge is 0.382 e. The maximum absolute atomic E-state index is 12.5. The molecule has 176 valence electrons. The summed E-state index contributed by atoms with van der Waals surface area (Å²) in [5.74, 6) is 2.52. The molecular formula is C29H48O2. The minimum absolute atomic E-state index is 0.0159. The lowest BCUT2D eigenvalue weighted by atomic mass is 9.32. The molecule has 0 amide bonds. The lowest BCUT2D eigenvalue weighted by Crippen LogP contribution is -2.66. The van der Waals surface area contributed by atoms with Gasteiger partial charge in [0.15, 0.2) is 5.78 Å². The standard InChI is InChI=1S/C29H48O2/c1-19(30)29(31)18-17-26(5)22-10-9-21-25(4)14-8-13-24(2,3)20(25)11-15-27(21,6)28(22,7)16-12-23(26)29/h20-23,31H,8-18H2,1-7H3/t20?,21?,22-,23-,25+,26?,27-,28?,29+/m1/s1. The molecule has 9 atom stereocenters. The Bertz CT molecular complexity index is 786. The SMILES string of the molecule is CC(=O)[C@@]1(O)CCC2(C)[C@H]3CCC4[C@@]5(C)CCCC(C)(C)C5CC[C@@]4(C)C3(C)CC[C@H]21. The molecule has 0 spiro atoms. The van der Waals surface area contributed by atoms with Gasteiger partial charge in [-0.2, -0.15) is 0 Å². The van der Waals surface area contributed by atoms with Gasteiger partial charge in [-0.15, -0.1) is 0 Å². The van der Waals surface area contributed by atoms with E-state index < -0.39 is 5.60 Å². The fraction of sp³-hybridized carbons (Fsp3) is 0.966. The highest BCUT2D eigenvalue weighted by Gasteiger charge is 2.72. The second kappa shape index (κ2) is 6.39. The molecule has 0 aliphatic heterocycles. The summed E-state index contributed by atoms with van der Waals surface area (Å²) in [4.78, 5) is 12.5. The third-order valence-electron chi connectivity index (χ3n) is 13.4. The average molecular weight is 429 g/mol. The van der Waals surface area contributed by atoms with E-state index in [2.05, 4.69) is 41.5 Å². The molecule has 31 heavy (non-hydrogen) atoms. The van der Waals surface area contributed by atoms with Crippen LogP contribution < -0.4 is 0 Å². The normalized spacial score (nSPS) is 57.9. The van der Waals surface area contributed by atoms with Gasteiger partial charge in [0.05, 0.1) is 0 Å². The van der Waals surface area contributed by atoms with Crippen molar-refractivity contribution in [3.05, 3.63) is 0 Å². The lowest BCUT2D eigenvalue weighted by molar-refractivity contribution is -0.245. The number of carbonyl (C=O) groups is 1. The Morgan fingerprint density at radius 1 is 0.645 bits per heavy atom. The van der Waals surface area contributed by atoms with Crippen LogP contribution in [0.1, 0.15) is 119 Å². The summed E-state index contributed by atoms with van der Waals surface area (Å²) in [7, 11) is 0. The molecule has 0 aromatic rings. The van der Waals surface area contributed by atoms with Crippen LogP contribution in [0.4, 0.5) is 0 Å². The Morgan fingerprint density at radius 3 is 1.71 bits per heavy atom. The molecule has 5 aliphatic rings. The maximum Gasteiger partial charge on any atom is 0.161 e. The molecule has 5 fully saturated rings. The molecule has 1 N–H and O–H groups in total. The van der Waals surface area contributed by atoms with Crippen LogP contribution in [0.15, 0.2) is 0 Å². The number of hydrogen-bond donors (Lipinski definition) is 1. The zero-order valence-electron chi connectivity index (χ0n) is 21.4. The Balaban J connectivity index is 1.54. The summed E-state index contributed by atoms with van der Waals surface area (Å²) in [6.45, 7) is 17.2. The highest BCUT2D eigenvalue weighted by Crippen LogP contribution is 2.78. The van der Waals surface area contributed by atoms with Gasteiger partial charge in [-0.1, -0.05) is 48.0 Å². The lowest BCUT2D eigenvalue weighted by Gasteiger charge is -2.73. The average Bonchev–Trinajstić information content (AvgIpc) is 2.94. The van der Waals surface area contributed by atoms with Gasteiger partial charge in [0.1, 0.15) is 5.60 Å². The predicted molar refractivity (Wildman–Crippen MR) is 127 cm³/mol. The molecule has 0 bridgehead atoms. The van der Waals surface area contributed by atoms with E-state index in [1.165, 1.54) is 51.4 Å². The first-order chi connectivity index (χ1) is 14.3. The van der Waals surface area contributed by atoms with Crippen molar-refractivity contribution < 1.29 is 9.90 Å². The van der Waals surface area contributed by atoms with Gasteiger partial charge in [-0.25, -0.2) is 0 Å². The summed E-state index contributed by atoms with van der Waals surface area (Å²) in [6, 6.07) is 0. The highest BCUT2D eigenvalue weighted by molar-refractivity contribution is 5.85. The van der Waals surface area contributed by atoms with Gasteiger partial charge >= 0.3 is 0 Å². The van der Waals surface area contributed by atoms with E-state index in [4.69, 9.17) is 0 Å².